The van der Waals surface area contributed by atoms with E-state index in [-0.39, 0.29) is 18.9 Å². The third-order valence-corrected chi connectivity index (χ3v) is 5.03. The summed E-state index contributed by atoms with van der Waals surface area (Å²) in [4.78, 5) is 17.4. The predicted octanol–water partition coefficient (Wildman–Crippen LogP) is 2.07. The Morgan fingerprint density at radius 1 is 1.41 bits per heavy atom. The van der Waals surface area contributed by atoms with Crippen LogP contribution in [0.1, 0.15) is 30.9 Å². The smallest absolute Gasteiger partial charge is 0.326 e. The first-order valence-corrected chi connectivity index (χ1v) is 8.90. The van der Waals surface area contributed by atoms with E-state index in [0.29, 0.717) is 17.6 Å². The van der Waals surface area contributed by atoms with Gasteiger partial charge in [0.05, 0.1) is 6.54 Å². The first kappa shape index (κ1) is 16.0. The van der Waals surface area contributed by atoms with Crippen LogP contribution in [-0.2, 0) is 4.79 Å². The van der Waals surface area contributed by atoms with Crippen LogP contribution in [0.3, 0.4) is 0 Å². The summed E-state index contributed by atoms with van der Waals surface area (Å²) in [6.07, 6.45) is 2.77. The summed E-state index contributed by atoms with van der Waals surface area (Å²) in [6, 6.07) is 4.63. The van der Waals surface area contributed by atoms with Crippen LogP contribution in [0.25, 0.3) is 5.52 Å². The predicted molar refractivity (Wildman–Crippen MR) is 95.1 cm³/mol. The minimum Gasteiger partial charge on any atom is -0.480 e. The molecule has 5 rings (SSSR count). The first-order chi connectivity index (χ1) is 13.1. The SMILES string of the molecule is O=C(O)[C@@H]1C[C@H](F)CN1c1nc(Nc2cc(C3CC3)[nH]n2)c2cccn2n1. The third-order valence-electron chi connectivity index (χ3n) is 5.03. The highest BCUT2D eigenvalue weighted by Crippen LogP contribution is 2.39. The molecule has 2 aliphatic rings. The number of aromatic amines is 1. The van der Waals surface area contributed by atoms with Crippen LogP contribution in [0.2, 0.25) is 0 Å². The Morgan fingerprint density at radius 2 is 2.26 bits per heavy atom. The molecule has 0 bridgehead atoms. The highest BCUT2D eigenvalue weighted by atomic mass is 19.1. The van der Waals surface area contributed by atoms with E-state index in [2.05, 4.69) is 25.6 Å². The fraction of sp³-hybridized carbons (Fsp3) is 0.412. The number of hydrogen-bond acceptors (Lipinski definition) is 6. The standard InChI is InChI=1S/C17H18FN7O2/c18-10-6-13(16(26)27)24(8-10)17-20-15(12-2-1-5-25(12)23-17)19-14-7-11(21-22-14)9-3-4-9/h1-2,5,7,9-10,13H,3-4,6,8H2,(H,26,27)(H2,19,20,21,22,23)/t10-,13-/m0/s1. The maximum Gasteiger partial charge on any atom is 0.326 e. The van der Waals surface area contributed by atoms with Crippen LogP contribution in [0.15, 0.2) is 24.4 Å². The summed E-state index contributed by atoms with van der Waals surface area (Å²) in [5.41, 5.74) is 1.81. The molecule has 27 heavy (non-hydrogen) atoms. The van der Waals surface area contributed by atoms with E-state index in [0.717, 1.165) is 24.1 Å². The minimum atomic E-state index is -1.22. The number of rotatable bonds is 5. The van der Waals surface area contributed by atoms with E-state index in [1.165, 1.54) is 4.90 Å². The van der Waals surface area contributed by atoms with Gasteiger partial charge in [-0.15, -0.1) is 5.10 Å². The zero-order valence-electron chi connectivity index (χ0n) is 14.3. The minimum absolute atomic E-state index is 0.0442. The molecule has 1 aliphatic carbocycles. The Morgan fingerprint density at radius 3 is 3.04 bits per heavy atom. The Balaban J connectivity index is 1.51. The van der Waals surface area contributed by atoms with Crippen LogP contribution in [0.5, 0.6) is 0 Å². The normalized spacial score (nSPS) is 22.5. The molecule has 3 aromatic rings. The van der Waals surface area contributed by atoms with Crippen LogP contribution >= 0.6 is 0 Å². The van der Waals surface area contributed by atoms with Crippen LogP contribution in [-0.4, -0.2) is 54.6 Å². The van der Waals surface area contributed by atoms with Crippen molar-refractivity contribution in [2.45, 2.75) is 37.4 Å². The van der Waals surface area contributed by atoms with Crippen molar-refractivity contribution in [3.8, 4) is 0 Å². The number of halogens is 1. The molecule has 0 unspecified atom stereocenters. The summed E-state index contributed by atoms with van der Waals surface area (Å²) < 4.78 is 15.5. The van der Waals surface area contributed by atoms with Gasteiger partial charge in [0.2, 0.25) is 5.95 Å². The van der Waals surface area contributed by atoms with E-state index < -0.39 is 18.2 Å². The molecule has 1 saturated carbocycles. The quantitative estimate of drug-likeness (QED) is 0.629. The topological polar surface area (TPSA) is 111 Å². The van der Waals surface area contributed by atoms with E-state index in [1.807, 2.05) is 18.2 Å². The van der Waals surface area contributed by atoms with Gasteiger partial charge in [0.25, 0.3) is 0 Å². The molecule has 0 amide bonds. The molecule has 140 valence electrons. The lowest BCUT2D eigenvalue weighted by Gasteiger charge is -2.21. The number of aliphatic carboxylic acids is 1. The van der Waals surface area contributed by atoms with Gasteiger partial charge in [0.1, 0.15) is 17.7 Å². The summed E-state index contributed by atoms with van der Waals surface area (Å²) in [6.45, 7) is -0.0442. The number of hydrogen-bond donors (Lipinski definition) is 3. The number of fused-ring (bicyclic) bond motifs is 1. The zero-order chi connectivity index (χ0) is 18.5. The molecule has 2 atom stereocenters. The van der Waals surface area contributed by atoms with Gasteiger partial charge in [-0.25, -0.2) is 13.7 Å². The number of H-pyrrole nitrogens is 1. The third kappa shape index (κ3) is 2.86. The Bertz CT molecular complexity index is 1010. The van der Waals surface area contributed by atoms with Crippen molar-refractivity contribution in [2.75, 3.05) is 16.8 Å². The van der Waals surface area contributed by atoms with Crippen molar-refractivity contribution in [3.05, 3.63) is 30.1 Å². The van der Waals surface area contributed by atoms with Gasteiger partial charge in [-0.1, -0.05) is 0 Å². The molecular formula is C17H18FN7O2. The molecule has 9 nitrogen and oxygen atoms in total. The molecule has 3 aromatic heterocycles. The number of nitrogens with one attached hydrogen (secondary N) is 2. The van der Waals surface area contributed by atoms with Crippen LogP contribution in [0.4, 0.5) is 22.0 Å². The molecule has 0 spiro atoms. The molecule has 2 fully saturated rings. The zero-order valence-corrected chi connectivity index (χ0v) is 14.3. The van der Waals surface area contributed by atoms with Crippen LogP contribution < -0.4 is 10.2 Å². The molecule has 1 saturated heterocycles. The van der Waals surface area contributed by atoms with E-state index in [1.54, 1.807) is 10.7 Å². The summed E-state index contributed by atoms with van der Waals surface area (Å²) in [5.74, 6) is 0.758. The highest BCUT2D eigenvalue weighted by Gasteiger charge is 2.39. The Hall–Kier alpha value is -3.17. The van der Waals surface area contributed by atoms with Crippen molar-refractivity contribution < 1.29 is 14.3 Å². The summed E-state index contributed by atoms with van der Waals surface area (Å²) >= 11 is 0. The number of alkyl halides is 1. The second-order valence-corrected chi connectivity index (χ2v) is 7.05. The number of anilines is 3. The molecule has 0 aromatic carbocycles. The van der Waals surface area contributed by atoms with Gasteiger partial charge in [0, 0.05) is 30.3 Å². The van der Waals surface area contributed by atoms with Gasteiger partial charge in [-0.3, -0.25) is 5.10 Å². The number of carbonyl (C=O) groups is 1. The number of carboxylic acids is 1. The maximum atomic E-state index is 13.9. The van der Waals surface area contributed by atoms with Crippen molar-refractivity contribution in [2.24, 2.45) is 0 Å². The number of carboxylic acid groups (broad SMARTS) is 1. The monoisotopic (exact) mass is 371 g/mol. The average molecular weight is 371 g/mol. The number of nitrogens with zero attached hydrogens (tertiary/aromatic N) is 5. The molecule has 3 N–H and O–H groups in total. The Kier molecular flexibility index (Phi) is 3.52. The lowest BCUT2D eigenvalue weighted by Crippen LogP contribution is -2.37. The fourth-order valence-electron chi connectivity index (χ4n) is 3.50. The maximum absolute atomic E-state index is 13.9. The molecular weight excluding hydrogens is 353 g/mol. The van der Waals surface area contributed by atoms with Crippen molar-refractivity contribution >= 4 is 29.1 Å². The fourth-order valence-corrected chi connectivity index (χ4v) is 3.50. The van der Waals surface area contributed by atoms with Crippen LogP contribution in [0, 0.1) is 0 Å². The van der Waals surface area contributed by atoms with E-state index in [9.17, 15) is 14.3 Å². The lowest BCUT2D eigenvalue weighted by molar-refractivity contribution is -0.138. The molecule has 1 aliphatic heterocycles. The summed E-state index contributed by atoms with van der Waals surface area (Å²) in [5, 5.41) is 24.2. The Labute approximate surface area is 153 Å². The average Bonchev–Trinajstić information content (AvgIpc) is 3.05. The largest absolute Gasteiger partial charge is 0.480 e. The van der Waals surface area contributed by atoms with Crippen molar-refractivity contribution in [3.63, 3.8) is 0 Å². The lowest BCUT2D eigenvalue weighted by atomic mass is 10.2. The highest BCUT2D eigenvalue weighted by molar-refractivity contribution is 5.79. The molecule has 0 radical (unpaired) electrons. The van der Waals surface area contributed by atoms with Crippen molar-refractivity contribution in [1.82, 2.24) is 24.8 Å². The second-order valence-electron chi connectivity index (χ2n) is 7.05. The van der Waals surface area contributed by atoms with E-state index in [4.69, 9.17) is 0 Å². The van der Waals surface area contributed by atoms with Gasteiger partial charge in [-0.05, 0) is 25.0 Å². The summed E-state index contributed by atoms with van der Waals surface area (Å²) in [7, 11) is 0. The first-order valence-electron chi connectivity index (χ1n) is 8.90. The van der Waals surface area contributed by atoms with Gasteiger partial charge >= 0.3 is 5.97 Å². The molecule has 4 heterocycles. The van der Waals surface area contributed by atoms with Crippen molar-refractivity contribution in [1.29, 1.82) is 0 Å². The van der Waals surface area contributed by atoms with E-state index >= 15 is 0 Å². The van der Waals surface area contributed by atoms with Gasteiger partial charge in [0.15, 0.2) is 11.6 Å². The second kappa shape index (κ2) is 5.93. The van der Waals surface area contributed by atoms with Gasteiger partial charge in [-0.2, -0.15) is 10.1 Å². The van der Waals surface area contributed by atoms with Gasteiger partial charge < -0.3 is 15.3 Å². The number of aromatic nitrogens is 5. The molecule has 10 heteroatoms.